The van der Waals surface area contributed by atoms with Gasteiger partial charge in [0, 0.05) is 18.9 Å². The number of pyridine rings is 1. The maximum absolute atomic E-state index is 11.2. The van der Waals surface area contributed by atoms with Crippen molar-refractivity contribution in [1.29, 1.82) is 0 Å². The molecule has 0 spiro atoms. The third kappa shape index (κ3) is 2.47. The van der Waals surface area contributed by atoms with E-state index in [1.165, 1.54) is 0 Å². The number of aromatic nitrogens is 1. The van der Waals surface area contributed by atoms with Gasteiger partial charge < -0.3 is 20.7 Å². The zero-order chi connectivity index (χ0) is 13.4. The van der Waals surface area contributed by atoms with E-state index in [0.717, 1.165) is 16.0 Å². The molecule has 3 N–H and O–H groups in total. The molecule has 2 aliphatic rings. The molecule has 0 bridgehead atoms. The number of rotatable bonds is 3. The van der Waals surface area contributed by atoms with Crippen molar-refractivity contribution in [2.24, 2.45) is 5.92 Å². The van der Waals surface area contributed by atoms with E-state index >= 15 is 0 Å². The van der Waals surface area contributed by atoms with Gasteiger partial charge in [-0.15, -0.1) is 0 Å². The Hall–Kier alpha value is -1.50. The van der Waals surface area contributed by atoms with Gasteiger partial charge in [-0.1, -0.05) is 0 Å². The quantitative estimate of drug-likeness (QED) is 0.735. The number of fused-ring (bicyclic) bond motifs is 1. The van der Waals surface area contributed by atoms with Crippen molar-refractivity contribution in [3.05, 3.63) is 10.7 Å². The van der Waals surface area contributed by atoms with Gasteiger partial charge in [0.2, 0.25) is 11.8 Å². The second-order valence-electron chi connectivity index (χ2n) is 4.79. The van der Waals surface area contributed by atoms with Crippen LogP contribution in [0.15, 0.2) is 10.7 Å². The molecule has 1 fully saturated rings. The molecule has 102 valence electrons. The Morgan fingerprint density at radius 2 is 2.32 bits per heavy atom. The number of hydrogen-bond acceptors (Lipinski definition) is 5. The Kier molecular flexibility index (Phi) is 3.22. The van der Waals surface area contributed by atoms with Gasteiger partial charge in [0.05, 0.1) is 12.4 Å². The van der Waals surface area contributed by atoms with Crippen molar-refractivity contribution in [1.82, 2.24) is 10.3 Å². The summed E-state index contributed by atoms with van der Waals surface area (Å²) < 4.78 is 6.66. The molecule has 0 saturated carbocycles. The lowest BCUT2D eigenvalue weighted by Gasteiger charge is -2.20. The van der Waals surface area contributed by atoms with Crippen molar-refractivity contribution >= 4 is 33.2 Å². The van der Waals surface area contributed by atoms with Gasteiger partial charge in [-0.3, -0.25) is 4.79 Å². The predicted molar refractivity (Wildman–Crippen MR) is 75.3 cm³/mol. The van der Waals surface area contributed by atoms with Crippen LogP contribution in [0.2, 0.25) is 0 Å². The smallest absolute Gasteiger partial charge is 0.240 e. The van der Waals surface area contributed by atoms with Crippen LogP contribution in [0, 0.1) is 5.92 Å². The predicted octanol–water partition coefficient (Wildman–Crippen LogP) is 1.54. The number of anilines is 2. The van der Waals surface area contributed by atoms with E-state index in [9.17, 15) is 4.79 Å². The normalized spacial score (nSPS) is 22.2. The molecule has 1 saturated heterocycles. The minimum Gasteiger partial charge on any atom is -0.473 e. The van der Waals surface area contributed by atoms with E-state index in [0.29, 0.717) is 25.5 Å². The minimum absolute atomic E-state index is 0.0627. The van der Waals surface area contributed by atoms with Crippen LogP contribution in [0.4, 0.5) is 11.4 Å². The first-order chi connectivity index (χ1) is 9.13. The third-order valence-corrected chi connectivity index (χ3v) is 3.88. The van der Waals surface area contributed by atoms with E-state index in [1.54, 1.807) is 0 Å². The summed E-state index contributed by atoms with van der Waals surface area (Å²) in [6.45, 7) is 3.31. The van der Waals surface area contributed by atoms with Crippen LogP contribution in [0.1, 0.15) is 13.3 Å². The molecule has 1 aromatic rings. The minimum atomic E-state index is -0.0627. The van der Waals surface area contributed by atoms with E-state index in [4.69, 9.17) is 4.74 Å². The molecule has 1 aromatic heterocycles. The molecular formula is C12H15BrN4O2. The van der Waals surface area contributed by atoms with E-state index in [-0.39, 0.29) is 17.9 Å². The maximum Gasteiger partial charge on any atom is 0.240 e. The van der Waals surface area contributed by atoms with Gasteiger partial charge in [0.25, 0.3) is 0 Å². The molecule has 19 heavy (non-hydrogen) atoms. The van der Waals surface area contributed by atoms with Crippen LogP contribution >= 0.6 is 15.9 Å². The summed E-state index contributed by atoms with van der Waals surface area (Å²) in [6, 6.07) is 1.91. The molecule has 3 heterocycles. The molecule has 6 nitrogen and oxygen atoms in total. The Labute approximate surface area is 119 Å². The zero-order valence-corrected chi connectivity index (χ0v) is 12.1. The molecular weight excluding hydrogens is 312 g/mol. The topological polar surface area (TPSA) is 75.3 Å². The second-order valence-corrected chi connectivity index (χ2v) is 5.61. The lowest BCUT2D eigenvalue weighted by molar-refractivity contribution is -0.119. The Morgan fingerprint density at radius 3 is 3.05 bits per heavy atom. The Balaban J connectivity index is 1.78. The molecule has 7 heteroatoms. The Bertz CT molecular complexity index is 523. The van der Waals surface area contributed by atoms with E-state index in [1.807, 2.05) is 13.0 Å². The molecule has 0 aliphatic carbocycles. The number of halogens is 1. The molecule has 1 amide bonds. The average Bonchev–Trinajstić information content (AvgIpc) is 2.97. The van der Waals surface area contributed by atoms with Gasteiger partial charge in [-0.2, -0.15) is 0 Å². The first-order valence-corrected chi connectivity index (χ1v) is 7.04. The summed E-state index contributed by atoms with van der Waals surface area (Å²) in [6.07, 6.45) is 0.454. The highest BCUT2D eigenvalue weighted by Crippen LogP contribution is 2.37. The fourth-order valence-electron chi connectivity index (χ4n) is 2.35. The number of amides is 1. The molecule has 0 radical (unpaired) electrons. The maximum atomic E-state index is 11.2. The highest BCUT2D eigenvalue weighted by atomic mass is 79.9. The van der Waals surface area contributed by atoms with Crippen LogP contribution in [-0.4, -0.2) is 30.2 Å². The van der Waals surface area contributed by atoms with Gasteiger partial charge in [-0.05, 0) is 28.9 Å². The summed E-state index contributed by atoms with van der Waals surface area (Å²) in [5.74, 6) is 0.854. The zero-order valence-electron chi connectivity index (χ0n) is 10.5. The van der Waals surface area contributed by atoms with Crippen molar-refractivity contribution in [2.45, 2.75) is 19.4 Å². The largest absolute Gasteiger partial charge is 0.473 e. The Morgan fingerprint density at radius 1 is 1.47 bits per heavy atom. The number of nitrogens with zero attached hydrogens (tertiary/aromatic N) is 1. The summed E-state index contributed by atoms with van der Waals surface area (Å²) in [4.78, 5) is 15.6. The van der Waals surface area contributed by atoms with Gasteiger partial charge >= 0.3 is 0 Å². The van der Waals surface area contributed by atoms with E-state index < -0.39 is 0 Å². The van der Waals surface area contributed by atoms with Crippen LogP contribution in [0.3, 0.4) is 0 Å². The van der Waals surface area contributed by atoms with E-state index in [2.05, 4.69) is 36.9 Å². The van der Waals surface area contributed by atoms with Crippen molar-refractivity contribution < 1.29 is 9.53 Å². The summed E-state index contributed by atoms with van der Waals surface area (Å²) in [5, 5.41) is 9.23. The molecule has 2 aliphatic heterocycles. The first kappa shape index (κ1) is 12.5. The summed E-state index contributed by atoms with van der Waals surface area (Å²) in [5.41, 5.74) is 1.86. The van der Waals surface area contributed by atoms with Crippen molar-refractivity contribution in [3.63, 3.8) is 0 Å². The highest BCUT2D eigenvalue weighted by Gasteiger charge is 2.29. The average molecular weight is 327 g/mol. The fraction of sp³-hybridized carbons (Fsp3) is 0.500. The number of nitrogens with one attached hydrogen (secondary N) is 3. The second kappa shape index (κ2) is 4.88. The molecule has 0 unspecified atom stereocenters. The van der Waals surface area contributed by atoms with Crippen LogP contribution in [0.5, 0.6) is 5.88 Å². The number of hydrogen-bond donors (Lipinski definition) is 3. The third-order valence-electron chi connectivity index (χ3n) is 3.47. The number of ether oxygens (including phenoxy) is 1. The van der Waals surface area contributed by atoms with Crippen LogP contribution in [-0.2, 0) is 4.79 Å². The summed E-state index contributed by atoms with van der Waals surface area (Å²) >= 11 is 3.37. The first-order valence-electron chi connectivity index (χ1n) is 6.25. The van der Waals surface area contributed by atoms with Gasteiger partial charge in [0.1, 0.15) is 16.4 Å². The van der Waals surface area contributed by atoms with Crippen LogP contribution < -0.4 is 20.7 Å². The van der Waals surface area contributed by atoms with Crippen molar-refractivity contribution in [2.75, 3.05) is 23.8 Å². The van der Waals surface area contributed by atoms with Gasteiger partial charge in [0.15, 0.2) is 0 Å². The standard InChI is InChI=1S/C12H15BrN4O2/c1-6(7-2-10(18)14-4-7)19-12-11-8(15-5-16-11)3-9(13)17-12/h3,6-7,15-16H,2,4-5H2,1H3,(H,14,18)/t6-,7-/m1/s1. The summed E-state index contributed by atoms with van der Waals surface area (Å²) in [7, 11) is 0. The SMILES string of the molecule is C[C@@H](Oc1nc(Br)cc2c1NCN2)[C@H]1CNC(=O)C1. The number of carbonyl (C=O) groups is 1. The number of carbonyl (C=O) groups excluding carboxylic acids is 1. The van der Waals surface area contributed by atoms with Crippen LogP contribution in [0.25, 0.3) is 0 Å². The lowest BCUT2D eigenvalue weighted by Crippen LogP contribution is -2.26. The molecule has 3 rings (SSSR count). The van der Waals surface area contributed by atoms with Crippen molar-refractivity contribution in [3.8, 4) is 5.88 Å². The molecule has 2 atom stereocenters. The highest BCUT2D eigenvalue weighted by molar-refractivity contribution is 9.10. The lowest BCUT2D eigenvalue weighted by atomic mass is 10.0. The molecule has 0 aromatic carbocycles. The fourth-order valence-corrected chi connectivity index (χ4v) is 2.74. The monoisotopic (exact) mass is 326 g/mol. The van der Waals surface area contributed by atoms with Gasteiger partial charge in [-0.25, -0.2) is 4.98 Å².